The molecule has 3 nitrogen and oxygen atoms in total. The number of carbonyl (C=O) groups is 1. The molecule has 116 valence electrons. The molecule has 0 aromatic carbocycles. The minimum absolute atomic E-state index is 0.00623. The standard InChI is InChI=1S/C16H28O3S/c1-20(18,19)15-10-6-9-14(12-15)16(17)11-13-7-4-2-3-5-8-13/h13-15H,2-12H2,1H3. The van der Waals surface area contributed by atoms with Crippen molar-refractivity contribution in [2.24, 2.45) is 11.8 Å². The average molecular weight is 300 g/mol. The van der Waals surface area contributed by atoms with Gasteiger partial charge in [-0.3, -0.25) is 4.79 Å². The number of ketones is 1. The van der Waals surface area contributed by atoms with Gasteiger partial charge in [-0.15, -0.1) is 0 Å². The molecular weight excluding hydrogens is 272 g/mol. The van der Waals surface area contributed by atoms with Gasteiger partial charge in [0.05, 0.1) is 5.25 Å². The van der Waals surface area contributed by atoms with Crippen LogP contribution in [0.5, 0.6) is 0 Å². The summed E-state index contributed by atoms with van der Waals surface area (Å²) in [6, 6.07) is 0. The highest BCUT2D eigenvalue weighted by Crippen LogP contribution is 2.33. The first-order chi connectivity index (χ1) is 9.47. The predicted octanol–water partition coefficient (Wildman–Crippen LogP) is 3.52. The van der Waals surface area contributed by atoms with Crippen molar-refractivity contribution in [2.75, 3.05) is 6.26 Å². The number of carbonyl (C=O) groups excluding carboxylic acids is 1. The van der Waals surface area contributed by atoms with Crippen molar-refractivity contribution in [2.45, 2.75) is 75.9 Å². The van der Waals surface area contributed by atoms with E-state index in [9.17, 15) is 13.2 Å². The summed E-state index contributed by atoms with van der Waals surface area (Å²) in [5, 5.41) is -0.278. The number of hydrogen-bond acceptors (Lipinski definition) is 3. The Bertz CT molecular complexity index is 419. The van der Waals surface area contributed by atoms with E-state index in [0.717, 1.165) is 19.3 Å². The quantitative estimate of drug-likeness (QED) is 0.746. The van der Waals surface area contributed by atoms with Crippen LogP contribution in [0, 0.1) is 11.8 Å². The van der Waals surface area contributed by atoms with E-state index in [0.29, 0.717) is 24.5 Å². The lowest BCUT2D eigenvalue weighted by atomic mass is 9.81. The van der Waals surface area contributed by atoms with E-state index in [4.69, 9.17) is 0 Å². The second-order valence-corrected chi connectivity index (χ2v) is 9.17. The second-order valence-electron chi connectivity index (χ2n) is 6.84. The fourth-order valence-electron chi connectivity index (χ4n) is 3.85. The zero-order valence-corrected chi connectivity index (χ0v) is 13.5. The first kappa shape index (κ1) is 16.0. The molecule has 20 heavy (non-hydrogen) atoms. The Hall–Kier alpha value is -0.380. The molecule has 2 fully saturated rings. The maximum atomic E-state index is 12.5. The van der Waals surface area contributed by atoms with Gasteiger partial charge < -0.3 is 0 Å². The van der Waals surface area contributed by atoms with Crippen LogP contribution in [-0.4, -0.2) is 25.7 Å². The summed E-state index contributed by atoms with van der Waals surface area (Å²) < 4.78 is 23.4. The van der Waals surface area contributed by atoms with E-state index in [1.807, 2.05) is 0 Å². The van der Waals surface area contributed by atoms with E-state index in [2.05, 4.69) is 0 Å². The summed E-state index contributed by atoms with van der Waals surface area (Å²) >= 11 is 0. The van der Waals surface area contributed by atoms with Gasteiger partial charge in [0.2, 0.25) is 0 Å². The number of Topliss-reactive ketones (excluding diaryl/α,β-unsaturated/α-hetero) is 1. The molecule has 2 unspecified atom stereocenters. The lowest BCUT2D eigenvalue weighted by molar-refractivity contribution is -0.124. The van der Waals surface area contributed by atoms with Gasteiger partial charge in [0.15, 0.2) is 0 Å². The number of rotatable bonds is 4. The van der Waals surface area contributed by atoms with E-state index >= 15 is 0 Å². The molecule has 0 aromatic rings. The molecule has 0 N–H and O–H groups in total. The van der Waals surface area contributed by atoms with Crippen molar-refractivity contribution in [3.8, 4) is 0 Å². The summed E-state index contributed by atoms with van der Waals surface area (Å²) in [5.74, 6) is 0.903. The molecule has 2 aliphatic carbocycles. The van der Waals surface area contributed by atoms with E-state index in [-0.39, 0.29) is 11.2 Å². The van der Waals surface area contributed by atoms with Gasteiger partial charge in [-0.05, 0) is 25.2 Å². The van der Waals surface area contributed by atoms with Gasteiger partial charge in [0.1, 0.15) is 15.6 Å². The molecule has 0 amide bonds. The average Bonchev–Trinajstić information content (AvgIpc) is 2.66. The van der Waals surface area contributed by atoms with Gasteiger partial charge >= 0.3 is 0 Å². The molecule has 0 heterocycles. The molecular formula is C16H28O3S. The molecule has 2 saturated carbocycles. The number of hydrogen-bond donors (Lipinski definition) is 0. The van der Waals surface area contributed by atoms with E-state index in [1.54, 1.807) is 0 Å². The Morgan fingerprint density at radius 3 is 2.20 bits per heavy atom. The zero-order valence-electron chi connectivity index (χ0n) is 12.6. The van der Waals surface area contributed by atoms with Gasteiger partial charge in [0, 0.05) is 18.6 Å². The molecule has 0 saturated heterocycles. The van der Waals surface area contributed by atoms with Crippen molar-refractivity contribution < 1.29 is 13.2 Å². The molecule has 2 atom stereocenters. The third kappa shape index (κ3) is 4.57. The topological polar surface area (TPSA) is 51.2 Å². The van der Waals surface area contributed by atoms with E-state index < -0.39 is 9.84 Å². The Kier molecular flexibility index (Phi) is 5.65. The molecule has 2 rings (SSSR count). The fourth-order valence-corrected chi connectivity index (χ4v) is 5.02. The summed E-state index contributed by atoms with van der Waals surface area (Å²) in [7, 11) is -2.98. The molecule has 0 bridgehead atoms. The van der Waals surface area contributed by atoms with Crippen LogP contribution in [0.25, 0.3) is 0 Å². The monoisotopic (exact) mass is 300 g/mol. The highest BCUT2D eigenvalue weighted by Gasteiger charge is 2.33. The summed E-state index contributed by atoms with van der Waals surface area (Å²) in [4.78, 5) is 12.5. The molecule has 0 radical (unpaired) electrons. The Morgan fingerprint density at radius 1 is 0.950 bits per heavy atom. The maximum absolute atomic E-state index is 12.5. The van der Waals surface area contributed by atoms with Crippen LogP contribution < -0.4 is 0 Å². The normalized spacial score (nSPS) is 29.9. The first-order valence-corrected chi connectivity index (χ1v) is 10.1. The van der Waals surface area contributed by atoms with Crippen molar-refractivity contribution in [3.05, 3.63) is 0 Å². The Balaban J connectivity index is 1.88. The molecule has 0 spiro atoms. The van der Waals surface area contributed by atoms with Gasteiger partial charge in [-0.2, -0.15) is 0 Å². The Labute approximate surface area is 123 Å². The van der Waals surface area contributed by atoms with Crippen LogP contribution in [0.2, 0.25) is 0 Å². The van der Waals surface area contributed by atoms with Crippen molar-refractivity contribution in [3.63, 3.8) is 0 Å². The zero-order chi connectivity index (χ0) is 14.6. The molecule has 2 aliphatic rings. The lowest BCUT2D eigenvalue weighted by Gasteiger charge is -2.28. The maximum Gasteiger partial charge on any atom is 0.150 e. The predicted molar refractivity (Wildman–Crippen MR) is 81.4 cm³/mol. The number of sulfone groups is 1. The van der Waals surface area contributed by atoms with Crippen LogP contribution in [0.3, 0.4) is 0 Å². The first-order valence-electron chi connectivity index (χ1n) is 8.18. The molecule has 0 aromatic heterocycles. The highest BCUT2D eigenvalue weighted by molar-refractivity contribution is 7.91. The molecule has 4 heteroatoms. The largest absolute Gasteiger partial charge is 0.299 e. The third-order valence-electron chi connectivity index (χ3n) is 5.15. The minimum Gasteiger partial charge on any atom is -0.299 e. The van der Waals surface area contributed by atoms with Gasteiger partial charge in [0.25, 0.3) is 0 Å². The summed E-state index contributed by atoms with van der Waals surface area (Å²) in [5.41, 5.74) is 0. The summed E-state index contributed by atoms with van der Waals surface area (Å²) in [6.45, 7) is 0. The summed E-state index contributed by atoms with van der Waals surface area (Å²) in [6.07, 6.45) is 12.6. The fraction of sp³-hybridized carbons (Fsp3) is 0.938. The highest BCUT2D eigenvalue weighted by atomic mass is 32.2. The van der Waals surface area contributed by atoms with Crippen molar-refractivity contribution in [1.29, 1.82) is 0 Å². The van der Waals surface area contributed by atoms with Crippen LogP contribution in [0.1, 0.15) is 70.6 Å². The lowest BCUT2D eigenvalue weighted by Crippen LogP contribution is -2.31. The van der Waals surface area contributed by atoms with Gasteiger partial charge in [-0.1, -0.05) is 44.9 Å². The Morgan fingerprint density at radius 2 is 1.60 bits per heavy atom. The minimum atomic E-state index is -2.98. The smallest absolute Gasteiger partial charge is 0.150 e. The third-order valence-corrected chi connectivity index (χ3v) is 6.79. The van der Waals surface area contributed by atoms with Crippen LogP contribution in [0.4, 0.5) is 0 Å². The molecule has 0 aliphatic heterocycles. The van der Waals surface area contributed by atoms with Crippen molar-refractivity contribution in [1.82, 2.24) is 0 Å². The second kappa shape index (κ2) is 7.06. The van der Waals surface area contributed by atoms with Crippen LogP contribution >= 0.6 is 0 Å². The van der Waals surface area contributed by atoms with Crippen molar-refractivity contribution >= 4 is 15.6 Å². The van der Waals surface area contributed by atoms with E-state index in [1.165, 1.54) is 44.8 Å². The van der Waals surface area contributed by atoms with Gasteiger partial charge in [-0.25, -0.2) is 8.42 Å². The SMILES string of the molecule is CS(=O)(=O)C1CCCC(C(=O)CC2CCCCCC2)C1. The van der Waals surface area contributed by atoms with Crippen LogP contribution in [0.15, 0.2) is 0 Å². The van der Waals surface area contributed by atoms with Crippen LogP contribution in [-0.2, 0) is 14.6 Å².